The van der Waals surface area contributed by atoms with Crippen molar-refractivity contribution < 1.29 is 9.84 Å². The Balaban J connectivity index is 0.00000261. The van der Waals surface area contributed by atoms with Gasteiger partial charge < -0.3 is 9.84 Å². The van der Waals surface area contributed by atoms with Crippen LogP contribution in [-0.4, -0.2) is 16.2 Å². The summed E-state index contributed by atoms with van der Waals surface area (Å²) in [6.07, 6.45) is 4.57. The van der Waals surface area contributed by atoms with E-state index in [1.165, 1.54) is 5.56 Å². The van der Waals surface area contributed by atoms with E-state index in [2.05, 4.69) is 36.2 Å². The Kier molecular flexibility index (Phi) is 8.56. The highest BCUT2D eigenvalue weighted by Crippen LogP contribution is 2.18. The van der Waals surface area contributed by atoms with E-state index in [1.54, 1.807) is 0 Å². The van der Waals surface area contributed by atoms with Crippen LogP contribution >= 0.6 is 12.4 Å². The van der Waals surface area contributed by atoms with E-state index in [4.69, 9.17) is 4.74 Å². The lowest BCUT2D eigenvalue weighted by atomic mass is 10.0. The number of fused-ring (bicyclic) bond motifs is 1. The zero-order valence-corrected chi connectivity index (χ0v) is 16.6. The molecule has 0 aliphatic heterocycles. The summed E-state index contributed by atoms with van der Waals surface area (Å²) in [5.74, 6) is 0.848. The first-order valence-electron chi connectivity index (χ1n) is 9.49. The highest BCUT2D eigenvalue weighted by atomic mass is 35.5. The minimum Gasteiger partial charge on any atom is -0.487 e. The Morgan fingerprint density at radius 3 is 2.70 bits per heavy atom. The number of aryl methyl sites for hydroxylation is 1. The number of aromatic nitrogens is 1. The van der Waals surface area contributed by atoms with Crippen molar-refractivity contribution in [1.29, 1.82) is 0 Å². The number of halogens is 1. The van der Waals surface area contributed by atoms with Crippen molar-refractivity contribution in [1.82, 2.24) is 4.98 Å². The molecule has 0 radical (unpaired) electrons. The minimum atomic E-state index is -0.207. The molecule has 2 aromatic carbocycles. The second-order valence-corrected chi connectivity index (χ2v) is 6.77. The number of pyridine rings is 1. The predicted octanol–water partition coefficient (Wildman–Crippen LogP) is 5.72. The molecule has 4 heteroatoms. The van der Waals surface area contributed by atoms with Gasteiger partial charge in [0.2, 0.25) is 0 Å². The molecule has 1 atom stereocenters. The molecule has 1 N–H and O–H groups in total. The summed E-state index contributed by atoms with van der Waals surface area (Å²) in [5, 5.41) is 11.1. The molecule has 0 spiro atoms. The first-order valence-corrected chi connectivity index (χ1v) is 9.49. The van der Waals surface area contributed by atoms with E-state index in [9.17, 15) is 5.11 Å². The third kappa shape index (κ3) is 6.53. The van der Waals surface area contributed by atoms with E-state index in [1.807, 2.05) is 36.4 Å². The topological polar surface area (TPSA) is 42.4 Å². The van der Waals surface area contributed by atoms with Crippen LogP contribution in [0.25, 0.3) is 10.9 Å². The summed E-state index contributed by atoms with van der Waals surface area (Å²) in [4.78, 5) is 4.64. The SMILES string of the molecule is CCCCC(O)CCc1cccc(OCc2ccc3ccccc3n2)c1.Cl. The summed E-state index contributed by atoms with van der Waals surface area (Å²) < 4.78 is 5.93. The van der Waals surface area contributed by atoms with E-state index in [-0.39, 0.29) is 18.5 Å². The molecule has 144 valence electrons. The second kappa shape index (κ2) is 10.9. The number of benzene rings is 2. The van der Waals surface area contributed by atoms with Crippen LogP contribution in [0.1, 0.15) is 43.9 Å². The van der Waals surface area contributed by atoms with Crippen LogP contribution in [-0.2, 0) is 13.0 Å². The molecule has 1 unspecified atom stereocenters. The molecular weight excluding hydrogens is 358 g/mol. The zero-order valence-electron chi connectivity index (χ0n) is 15.8. The Hall–Kier alpha value is -2.10. The van der Waals surface area contributed by atoms with E-state index >= 15 is 0 Å². The molecule has 1 aromatic heterocycles. The van der Waals surface area contributed by atoms with Crippen molar-refractivity contribution in [3.63, 3.8) is 0 Å². The number of para-hydroxylation sites is 1. The van der Waals surface area contributed by atoms with Crippen LogP contribution in [0.15, 0.2) is 60.7 Å². The highest BCUT2D eigenvalue weighted by molar-refractivity contribution is 5.85. The fraction of sp³-hybridized carbons (Fsp3) is 0.348. The summed E-state index contributed by atoms with van der Waals surface area (Å²) in [5.41, 5.74) is 3.11. The smallest absolute Gasteiger partial charge is 0.130 e. The van der Waals surface area contributed by atoms with Crippen LogP contribution < -0.4 is 4.74 Å². The molecule has 3 aromatic rings. The van der Waals surface area contributed by atoms with Gasteiger partial charge in [-0.05, 0) is 49.1 Å². The van der Waals surface area contributed by atoms with Crippen molar-refractivity contribution in [2.45, 2.75) is 51.7 Å². The number of unbranched alkanes of at least 4 members (excludes halogenated alkanes) is 1. The maximum atomic E-state index is 10.0. The number of nitrogens with zero attached hydrogens (tertiary/aromatic N) is 1. The standard InChI is InChI=1S/C23H27NO2.ClH/c1-2-3-9-21(25)15-12-18-7-6-10-22(16-18)26-17-20-14-13-19-8-4-5-11-23(19)24-20;/h4-8,10-11,13-14,16,21,25H,2-3,9,12,15,17H2,1H3;1H. The van der Waals surface area contributed by atoms with Gasteiger partial charge in [0.05, 0.1) is 17.3 Å². The Bertz CT molecular complexity index is 837. The van der Waals surface area contributed by atoms with E-state index < -0.39 is 0 Å². The summed E-state index contributed by atoms with van der Waals surface area (Å²) in [6.45, 7) is 2.60. The van der Waals surface area contributed by atoms with Gasteiger partial charge in [-0.15, -0.1) is 12.4 Å². The normalized spacial score (nSPS) is 11.8. The summed E-state index contributed by atoms with van der Waals surface area (Å²) >= 11 is 0. The van der Waals surface area contributed by atoms with Crippen LogP contribution in [0.3, 0.4) is 0 Å². The third-order valence-corrected chi connectivity index (χ3v) is 4.60. The molecule has 3 rings (SSSR count). The first kappa shape index (κ1) is 21.2. The van der Waals surface area contributed by atoms with Gasteiger partial charge >= 0.3 is 0 Å². The lowest BCUT2D eigenvalue weighted by molar-refractivity contribution is 0.152. The van der Waals surface area contributed by atoms with Gasteiger partial charge in [0.25, 0.3) is 0 Å². The fourth-order valence-electron chi connectivity index (χ4n) is 3.05. The predicted molar refractivity (Wildman–Crippen MR) is 114 cm³/mol. The first-order chi connectivity index (χ1) is 12.7. The average molecular weight is 386 g/mol. The molecule has 0 aliphatic carbocycles. The number of hydrogen-bond donors (Lipinski definition) is 1. The Morgan fingerprint density at radius 1 is 1.00 bits per heavy atom. The maximum absolute atomic E-state index is 10.0. The van der Waals surface area contributed by atoms with Gasteiger partial charge in [-0.3, -0.25) is 0 Å². The van der Waals surface area contributed by atoms with Crippen molar-refractivity contribution >= 4 is 23.3 Å². The molecule has 0 fully saturated rings. The Morgan fingerprint density at radius 2 is 1.85 bits per heavy atom. The lowest BCUT2D eigenvalue weighted by Gasteiger charge is -2.11. The largest absolute Gasteiger partial charge is 0.487 e. The average Bonchev–Trinajstić information content (AvgIpc) is 2.69. The molecule has 0 bridgehead atoms. The highest BCUT2D eigenvalue weighted by Gasteiger charge is 2.05. The molecule has 0 saturated heterocycles. The minimum absolute atomic E-state index is 0. The number of ether oxygens (including phenoxy) is 1. The van der Waals surface area contributed by atoms with Crippen LogP contribution in [0.5, 0.6) is 5.75 Å². The Labute approximate surface area is 167 Å². The summed E-state index contributed by atoms with van der Waals surface area (Å²) in [7, 11) is 0. The van der Waals surface area contributed by atoms with Crippen LogP contribution in [0.2, 0.25) is 0 Å². The van der Waals surface area contributed by atoms with Crippen molar-refractivity contribution in [2.24, 2.45) is 0 Å². The molecular formula is C23H28ClNO2. The van der Waals surface area contributed by atoms with E-state index in [0.717, 1.165) is 54.5 Å². The van der Waals surface area contributed by atoms with Gasteiger partial charge in [0.1, 0.15) is 12.4 Å². The number of aliphatic hydroxyl groups excluding tert-OH is 1. The van der Waals surface area contributed by atoms with Gasteiger partial charge in [-0.25, -0.2) is 4.98 Å². The van der Waals surface area contributed by atoms with Gasteiger partial charge in [0, 0.05) is 5.39 Å². The zero-order chi connectivity index (χ0) is 18.2. The second-order valence-electron chi connectivity index (χ2n) is 6.77. The van der Waals surface area contributed by atoms with Crippen molar-refractivity contribution in [3.05, 3.63) is 71.9 Å². The van der Waals surface area contributed by atoms with Gasteiger partial charge in [0.15, 0.2) is 0 Å². The molecule has 0 saturated carbocycles. The molecule has 0 aliphatic rings. The number of aliphatic hydroxyl groups is 1. The fourth-order valence-corrected chi connectivity index (χ4v) is 3.05. The van der Waals surface area contributed by atoms with Crippen molar-refractivity contribution in [2.75, 3.05) is 0 Å². The van der Waals surface area contributed by atoms with E-state index in [0.29, 0.717) is 6.61 Å². The molecule has 3 nitrogen and oxygen atoms in total. The molecule has 0 amide bonds. The molecule has 27 heavy (non-hydrogen) atoms. The monoisotopic (exact) mass is 385 g/mol. The van der Waals surface area contributed by atoms with Crippen molar-refractivity contribution in [3.8, 4) is 5.75 Å². The number of rotatable bonds is 9. The number of hydrogen-bond acceptors (Lipinski definition) is 3. The van der Waals surface area contributed by atoms with Gasteiger partial charge in [-0.2, -0.15) is 0 Å². The third-order valence-electron chi connectivity index (χ3n) is 4.60. The quantitative estimate of drug-likeness (QED) is 0.512. The lowest BCUT2D eigenvalue weighted by Crippen LogP contribution is -2.07. The molecule has 1 heterocycles. The van der Waals surface area contributed by atoms with Gasteiger partial charge in [-0.1, -0.05) is 56.2 Å². The summed E-state index contributed by atoms with van der Waals surface area (Å²) in [6, 6.07) is 20.3. The maximum Gasteiger partial charge on any atom is 0.130 e. The van der Waals surface area contributed by atoms with Crippen LogP contribution in [0, 0.1) is 0 Å². The van der Waals surface area contributed by atoms with Crippen LogP contribution in [0.4, 0.5) is 0 Å².